The number of carbonyl (C=O) groups excluding carboxylic acids is 1. The zero-order chi connectivity index (χ0) is 23.5. The van der Waals surface area contributed by atoms with Crippen LogP contribution in [-0.2, 0) is 16.9 Å². The van der Waals surface area contributed by atoms with Crippen LogP contribution in [0.5, 0.6) is 0 Å². The summed E-state index contributed by atoms with van der Waals surface area (Å²) in [6.07, 6.45) is 6.73. The van der Waals surface area contributed by atoms with E-state index < -0.39 is 5.97 Å². The van der Waals surface area contributed by atoms with Gasteiger partial charge in [-0.15, -0.1) is 21.5 Å². The summed E-state index contributed by atoms with van der Waals surface area (Å²) in [4.78, 5) is 33.2. The highest BCUT2D eigenvalue weighted by atomic mass is 32.2. The number of aromatic amines is 1. The molecule has 0 atom stereocenters. The number of benzene rings is 1. The van der Waals surface area contributed by atoms with Crippen molar-refractivity contribution in [2.24, 2.45) is 0 Å². The fourth-order valence-electron chi connectivity index (χ4n) is 4.44. The van der Waals surface area contributed by atoms with Crippen molar-refractivity contribution < 1.29 is 9.53 Å². The molecule has 5 rings (SSSR count). The molecule has 10 heteroatoms. The van der Waals surface area contributed by atoms with Crippen molar-refractivity contribution in [1.29, 1.82) is 0 Å². The molecule has 176 valence electrons. The maximum atomic E-state index is 12.6. The lowest BCUT2D eigenvalue weighted by Crippen LogP contribution is -2.17. The topological polar surface area (TPSA) is 103 Å². The van der Waals surface area contributed by atoms with Gasteiger partial charge >= 0.3 is 5.97 Å². The third-order valence-corrected chi connectivity index (χ3v) is 7.93. The number of hydrogen-bond acceptors (Lipinski definition) is 8. The molecule has 3 heterocycles. The number of nitrogens with one attached hydrogen (secondary N) is 1. The molecule has 1 aliphatic carbocycles. The Labute approximate surface area is 204 Å². The molecule has 0 aliphatic heterocycles. The van der Waals surface area contributed by atoms with E-state index in [2.05, 4.69) is 42.2 Å². The molecule has 1 saturated carbocycles. The lowest BCUT2D eigenvalue weighted by Gasteiger charge is -2.25. The lowest BCUT2D eigenvalue weighted by molar-refractivity contribution is 0.0601. The van der Waals surface area contributed by atoms with Crippen LogP contribution in [0.4, 0.5) is 0 Å². The van der Waals surface area contributed by atoms with Crippen LogP contribution in [0, 0.1) is 0 Å². The van der Waals surface area contributed by atoms with Gasteiger partial charge in [0.1, 0.15) is 11.6 Å². The fraction of sp³-hybridized carbons (Fsp3) is 0.375. The van der Waals surface area contributed by atoms with Gasteiger partial charge in [-0.2, -0.15) is 0 Å². The van der Waals surface area contributed by atoms with Crippen molar-refractivity contribution in [2.75, 3.05) is 7.11 Å². The molecule has 0 spiro atoms. The summed E-state index contributed by atoms with van der Waals surface area (Å²) < 4.78 is 7.09. The molecular formula is C24H25N5O3S2. The van der Waals surface area contributed by atoms with Crippen LogP contribution in [0.2, 0.25) is 0 Å². The van der Waals surface area contributed by atoms with Gasteiger partial charge in [0.15, 0.2) is 5.16 Å². The number of aromatic nitrogens is 5. The number of carbonyl (C=O) groups is 1. The third kappa shape index (κ3) is 4.78. The maximum absolute atomic E-state index is 12.6. The first-order chi connectivity index (χ1) is 16.6. The number of thioether (sulfide) groups is 1. The highest BCUT2D eigenvalue weighted by Gasteiger charge is 2.23. The van der Waals surface area contributed by atoms with Crippen molar-refractivity contribution in [2.45, 2.75) is 55.5 Å². The Morgan fingerprint density at radius 1 is 1.24 bits per heavy atom. The summed E-state index contributed by atoms with van der Waals surface area (Å²) in [5.41, 5.74) is 0.598. The average Bonchev–Trinajstić information content (AvgIpc) is 3.52. The highest BCUT2D eigenvalue weighted by molar-refractivity contribution is 7.98. The molecule has 1 aromatic carbocycles. The van der Waals surface area contributed by atoms with E-state index in [0.29, 0.717) is 34.1 Å². The van der Waals surface area contributed by atoms with Crippen molar-refractivity contribution in [3.63, 3.8) is 0 Å². The number of rotatable bonds is 7. The Morgan fingerprint density at radius 2 is 2.09 bits per heavy atom. The van der Waals surface area contributed by atoms with Crippen LogP contribution in [0.25, 0.3) is 10.9 Å². The zero-order valence-corrected chi connectivity index (χ0v) is 20.5. The standard InChI is InChI=1S/C24H25N5O3S2/c1-32-23(31)15-9-10-18-19(12-15)25-20(26-22(18)30)14-34-24-28-27-21(13-17-8-5-11-33-17)29(24)16-6-3-2-4-7-16/h5,8-12,16H,2-4,6-7,13-14H2,1H3,(H,25,26,30). The normalized spacial score (nSPS) is 14.5. The molecule has 8 nitrogen and oxygen atoms in total. The van der Waals surface area contributed by atoms with E-state index in [1.54, 1.807) is 29.5 Å². The minimum atomic E-state index is -0.459. The van der Waals surface area contributed by atoms with Gasteiger partial charge in [-0.05, 0) is 42.5 Å². The highest BCUT2D eigenvalue weighted by Crippen LogP contribution is 2.34. The van der Waals surface area contributed by atoms with Crippen LogP contribution in [0.1, 0.15) is 65.0 Å². The minimum absolute atomic E-state index is 0.232. The van der Waals surface area contributed by atoms with Crippen molar-refractivity contribution >= 4 is 40.0 Å². The Morgan fingerprint density at radius 3 is 2.85 bits per heavy atom. The van der Waals surface area contributed by atoms with E-state index in [9.17, 15) is 9.59 Å². The number of esters is 1. The van der Waals surface area contributed by atoms with E-state index >= 15 is 0 Å². The average molecular weight is 496 g/mol. The minimum Gasteiger partial charge on any atom is -0.465 e. The largest absolute Gasteiger partial charge is 0.465 e. The number of fused-ring (bicyclic) bond motifs is 1. The van der Waals surface area contributed by atoms with Crippen molar-refractivity contribution in [1.82, 2.24) is 24.7 Å². The predicted molar refractivity (Wildman–Crippen MR) is 133 cm³/mol. The van der Waals surface area contributed by atoms with Gasteiger partial charge in [0.25, 0.3) is 5.56 Å². The van der Waals surface area contributed by atoms with E-state index in [4.69, 9.17) is 4.74 Å². The zero-order valence-electron chi connectivity index (χ0n) is 18.8. The third-order valence-electron chi connectivity index (χ3n) is 6.10. The molecule has 1 aliphatic rings. The lowest BCUT2D eigenvalue weighted by atomic mass is 9.95. The Kier molecular flexibility index (Phi) is 6.77. The smallest absolute Gasteiger partial charge is 0.337 e. The van der Waals surface area contributed by atoms with E-state index in [-0.39, 0.29) is 5.56 Å². The summed E-state index contributed by atoms with van der Waals surface area (Å²) in [5.74, 6) is 1.50. The van der Waals surface area contributed by atoms with Crippen molar-refractivity contribution in [3.05, 3.63) is 68.2 Å². The first-order valence-corrected chi connectivity index (χ1v) is 13.2. The molecule has 0 saturated heterocycles. The maximum Gasteiger partial charge on any atom is 0.337 e. The van der Waals surface area contributed by atoms with E-state index in [1.807, 2.05) is 0 Å². The van der Waals surface area contributed by atoms with Gasteiger partial charge in [0.2, 0.25) is 0 Å². The monoisotopic (exact) mass is 495 g/mol. The molecule has 0 amide bonds. The van der Waals surface area contributed by atoms with Gasteiger partial charge in [-0.1, -0.05) is 37.1 Å². The van der Waals surface area contributed by atoms with Gasteiger partial charge in [-0.25, -0.2) is 9.78 Å². The SMILES string of the molecule is COC(=O)c1ccc2c(=O)[nH]c(CSc3nnc(Cc4cccs4)n3C3CCCCC3)nc2c1. The van der Waals surface area contributed by atoms with E-state index in [0.717, 1.165) is 30.2 Å². The van der Waals surface area contributed by atoms with Crippen LogP contribution >= 0.6 is 23.1 Å². The number of H-pyrrole nitrogens is 1. The number of ether oxygens (including phenoxy) is 1. The molecule has 1 fully saturated rings. The van der Waals surface area contributed by atoms with Gasteiger partial charge in [-0.3, -0.25) is 4.79 Å². The predicted octanol–water partition coefficient (Wildman–Crippen LogP) is 4.75. The summed E-state index contributed by atoms with van der Waals surface area (Å²) in [6, 6.07) is 9.34. The van der Waals surface area contributed by atoms with Gasteiger partial charge in [0.05, 0.1) is 29.3 Å². The molecule has 1 N–H and O–H groups in total. The summed E-state index contributed by atoms with van der Waals surface area (Å²) >= 11 is 3.26. The molecule has 0 radical (unpaired) electrons. The van der Waals surface area contributed by atoms with Gasteiger partial charge < -0.3 is 14.3 Å². The second kappa shape index (κ2) is 10.1. The second-order valence-corrected chi connectivity index (χ2v) is 10.3. The quantitative estimate of drug-likeness (QED) is 0.291. The molecule has 3 aromatic heterocycles. The fourth-order valence-corrected chi connectivity index (χ4v) is 6.03. The molecule has 4 aromatic rings. The number of hydrogen-bond donors (Lipinski definition) is 1. The molecule has 0 unspecified atom stereocenters. The Bertz CT molecular complexity index is 1360. The number of thiophene rings is 1. The van der Waals surface area contributed by atoms with Crippen molar-refractivity contribution in [3.8, 4) is 0 Å². The number of methoxy groups -OCH3 is 1. The molecule has 0 bridgehead atoms. The summed E-state index contributed by atoms with van der Waals surface area (Å²) in [5, 5.41) is 12.4. The Balaban J connectivity index is 1.42. The van der Waals surface area contributed by atoms with Crippen LogP contribution in [-0.4, -0.2) is 37.8 Å². The van der Waals surface area contributed by atoms with Crippen LogP contribution < -0.4 is 5.56 Å². The van der Waals surface area contributed by atoms with Gasteiger partial charge in [0, 0.05) is 17.3 Å². The molecular weight excluding hydrogens is 470 g/mol. The first kappa shape index (κ1) is 22.8. The molecule has 34 heavy (non-hydrogen) atoms. The Hall–Kier alpha value is -2.98. The first-order valence-electron chi connectivity index (χ1n) is 11.3. The van der Waals surface area contributed by atoms with E-state index in [1.165, 1.54) is 43.0 Å². The second-order valence-electron chi connectivity index (χ2n) is 8.34. The van der Waals surface area contributed by atoms with Crippen LogP contribution in [0.15, 0.2) is 45.7 Å². The summed E-state index contributed by atoms with van der Waals surface area (Å²) in [7, 11) is 1.33. The van der Waals surface area contributed by atoms with Crippen LogP contribution in [0.3, 0.4) is 0 Å². The summed E-state index contributed by atoms with van der Waals surface area (Å²) in [6.45, 7) is 0. The number of nitrogens with zero attached hydrogens (tertiary/aromatic N) is 4.